The Labute approximate surface area is 181 Å². The molecular weight excluding hydrogens is 412 g/mol. The first kappa shape index (κ1) is 24.2. The van der Waals surface area contributed by atoms with E-state index in [9.17, 15) is 19.2 Å². The Kier molecular flexibility index (Phi) is 10.5. The number of hydrogen-bond acceptors (Lipinski definition) is 7. The van der Waals surface area contributed by atoms with Gasteiger partial charge in [0.2, 0.25) is 23.6 Å². The number of rotatable bonds is 14. The highest BCUT2D eigenvalue weighted by Gasteiger charge is 2.39. The summed E-state index contributed by atoms with van der Waals surface area (Å²) in [4.78, 5) is 51.4. The van der Waals surface area contributed by atoms with Gasteiger partial charge in [-0.2, -0.15) is 0 Å². The number of likely N-dealkylation sites (tertiary alicyclic amines) is 2. The molecule has 0 aliphatic carbocycles. The van der Waals surface area contributed by atoms with E-state index in [2.05, 4.69) is 13.8 Å². The van der Waals surface area contributed by atoms with Crippen LogP contribution in [0.25, 0.3) is 0 Å². The molecule has 7 nitrogen and oxygen atoms in total. The van der Waals surface area contributed by atoms with E-state index in [-0.39, 0.29) is 73.3 Å². The second-order valence-corrected chi connectivity index (χ2v) is 9.84. The molecule has 0 aromatic carbocycles. The van der Waals surface area contributed by atoms with Crippen molar-refractivity contribution in [3.8, 4) is 0 Å². The highest BCUT2D eigenvalue weighted by Crippen LogP contribution is 2.27. The standard InChI is InChI=1S/C20H32N2O5S2/c1-3-5-11-28-15-13-17(23)21(19(15)25)7-9-27-10-8-22-18(24)14-16(20(22)26)29-12-6-4-2/h15-16H,3-14H2,1-2H3. The number of imide groups is 2. The highest BCUT2D eigenvalue weighted by molar-refractivity contribution is 8.00. The minimum atomic E-state index is -0.268. The molecule has 2 rings (SSSR count). The summed E-state index contributed by atoms with van der Waals surface area (Å²) in [5.41, 5.74) is 0. The molecule has 0 saturated carbocycles. The minimum absolute atomic E-state index is 0.128. The van der Waals surface area contributed by atoms with Crippen molar-refractivity contribution in [3.05, 3.63) is 0 Å². The molecule has 164 valence electrons. The number of amides is 4. The Morgan fingerprint density at radius 1 is 0.793 bits per heavy atom. The molecule has 0 aromatic rings. The number of thioether (sulfide) groups is 2. The molecule has 0 radical (unpaired) electrons. The molecule has 2 aliphatic rings. The smallest absolute Gasteiger partial charge is 0.242 e. The average molecular weight is 445 g/mol. The Morgan fingerprint density at radius 2 is 1.21 bits per heavy atom. The molecule has 2 aliphatic heterocycles. The van der Waals surface area contributed by atoms with Gasteiger partial charge in [-0.15, -0.1) is 23.5 Å². The first-order valence-corrected chi connectivity index (χ1v) is 12.6. The van der Waals surface area contributed by atoms with Crippen LogP contribution in [0, 0.1) is 0 Å². The Hall–Kier alpha value is -1.06. The van der Waals surface area contributed by atoms with Crippen molar-refractivity contribution >= 4 is 47.2 Å². The average Bonchev–Trinajstić information content (AvgIpc) is 3.12. The summed E-state index contributed by atoms with van der Waals surface area (Å²) in [6.07, 6.45) is 4.75. The maximum absolute atomic E-state index is 12.3. The number of unbranched alkanes of at least 4 members (excludes halogenated alkanes) is 2. The lowest BCUT2D eigenvalue weighted by atomic mass is 10.3. The van der Waals surface area contributed by atoms with Crippen LogP contribution in [0.3, 0.4) is 0 Å². The third-order valence-electron chi connectivity index (χ3n) is 4.96. The van der Waals surface area contributed by atoms with Gasteiger partial charge in [-0.1, -0.05) is 26.7 Å². The Bertz CT molecular complexity index is 551. The van der Waals surface area contributed by atoms with Crippen LogP contribution in [0.4, 0.5) is 0 Å². The van der Waals surface area contributed by atoms with Crippen LogP contribution < -0.4 is 0 Å². The molecular formula is C20H32N2O5S2. The zero-order valence-electron chi connectivity index (χ0n) is 17.4. The number of hydrogen-bond donors (Lipinski definition) is 0. The first-order chi connectivity index (χ1) is 14.0. The normalized spacial score (nSPS) is 22.4. The maximum Gasteiger partial charge on any atom is 0.242 e. The Balaban J connectivity index is 1.65. The van der Waals surface area contributed by atoms with Crippen molar-refractivity contribution in [2.45, 2.75) is 62.9 Å². The van der Waals surface area contributed by atoms with Crippen LogP contribution in [0.15, 0.2) is 0 Å². The molecule has 29 heavy (non-hydrogen) atoms. The predicted octanol–water partition coefficient (Wildman–Crippen LogP) is 2.32. The second-order valence-electron chi connectivity index (χ2n) is 7.21. The van der Waals surface area contributed by atoms with Gasteiger partial charge in [0.25, 0.3) is 0 Å². The zero-order chi connectivity index (χ0) is 21.2. The van der Waals surface area contributed by atoms with E-state index in [1.807, 2.05) is 0 Å². The van der Waals surface area contributed by atoms with Crippen molar-refractivity contribution in [3.63, 3.8) is 0 Å². The quantitative estimate of drug-likeness (QED) is 0.300. The highest BCUT2D eigenvalue weighted by atomic mass is 32.2. The van der Waals surface area contributed by atoms with Crippen molar-refractivity contribution < 1.29 is 23.9 Å². The van der Waals surface area contributed by atoms with E-state index in [1.165, 1.54) is 9.80 Å². The fourth-order valence-electron chi connectivity index (χ4n) is 3.19. The molecule has 9 heteroatoms. The van der Waals surface area contributed by atoms with Gasteiger partial charge in [0.1, 0.15) is 0 Å². The van der Waals surface area contributed by atoms with Gasteiger partial charge in [0.15, 0.2) is 0 Å². The largest absolute Gasteiger partial charge is 0.378 e. The monoisotopic (exact) mass is 444 g/mol. The SMILES string of the molecule is CCCCSC1CC(=O)N(CCOCCN2C(=O)CC(SCCCC)C2=O)C1=O. The number of carbonyl (C=O) groups excluding carboxylic acids is 4. The van der Waals surface area contributed by atoms with Gasteiger partial charge < -0.3 is 4.74 Å². The summed E-state index contributed by atoms with van der Waals surface area (Å²) in [6.45, 7) is 5.07. The minimum Gasteiger partial charge on any atom is -0.378 e. The van der Waals surface area contributed by atoms with Gasteiger partial charge in [0, 0.05) is 12.8 Å². The van der Waals surface area contributed by atoms with Crippen LogP contribution in [-0.4, -0.2) is 81.7 Å². The lowest BCUT2D eigenvalue weighted by molar-refractivity contribution is -0.139. The first-order valence-electron chi connectivity index (χ1n) is 10.5. The summed E-state index contributed by atoms with van der Waals surface area (Å²) in [7, 11) is 0. The van der Waals surface area contributed by atoms with Crippen molar-refractivity contribution in [1.29, 1.82) is 0 Å². The molecule has 2 atom stereocenters. The van der Waals surface area contributed by atoms with Crippen molar-refractivity contribution in [2.75, 3.05) is 37.8 Å². The predicted molar refractivity (Wildman–Crippen MR) is 116 cm³/mol. The lowest BCUT2D eigenvalue weighted by Gasteiger charge is -2.17. The van der Waals surface area contributed by atoms with Gasteiger partial charge in [0.05, 0.1) is 36.8 Å². The van der Waals surface area contributed by atoms with Gasteiger partial charge in [-0.25, -0.2) is 0 Å². The second kappa shape index (κ2) is 12.6. The Morgan fingerprint density at radius 3 is 1.59 bits per heavy atom. The van der Waals surface area contributed by atoms with Crippen LogP contribution in [-0.2, 0) is 23.9 Å². The summed E-state index contributed by atoms with van der Waals surface area (Å²) >= 11 is 3.11. The van der Waals surface area contributed by atoms with Crippen LogP contribution in [0.5, 0.6) is 0 Å². The van der Waals surface area contributed by atoms with E-state index < -0.39 is 0 Å². The van der Waals surface area contributed by atoms with Crippen LogP contribution in [0.1, 0.15) is 52.4 Å². The summed E-state index contributed by atoms with van der Waals surface area (Å²) in [6, 6.07) is 0. The van der Waals surface area contributed by atoms with E-state index >= 15 is 0 Å². The number of carbonyl (C=O) groups is 4. The van der Waals surface area contributed by atoms with Crippen LogP contribution in [0.2, 0.25) is 0 Å². The molecule has 2 fully saturated rings. The number of nitrogens with zero attached hydrogens (tertiary/aromatic N) is 2. The van der Waals surface area contributed by atoms with E-state index in [1.54, 1.807) is 23.5 Å². The van der Waals surface area contributed by atoms with Crippen molar-refractivity contribution in [1.82, 2.24) is 9.80 Å². The summed E-state index contributed by atoms with van der Waals surface area (Å²) in [5.74, 6) is 1.22. The van der Waals surface area contributed by atoms with E-state index in [0.29, 0.717) is 0 Å². The third-order valence-corrected chi connectivity index (χ3v) is 7.55. The lowest BCUT2D eigenvalue weighted by Crippen LogP contribution is -2.36. The molecule has 0 spiro atoms. The molecule has 2 saturated heterocycles. The van der Waals surface area contributed by atoms with Gasteiger partial charge in [-0.3, -0.25) is 29.0 Å². The van der Waals surface area contributed by atoms with Gasteiger partial charge in [-0.05, 0) is 24.3 Å². The molecule has 0 N–H and O–H groups in total. The molecule has 0 aromatic heterocycles. The zero-order valence-corrected chi connectivity index (χ0v) is 19.0. The van der Waals surface area contributed by atoms with Crippen molar-refractivity contribution in [2.24, 2.45) is 0 Å². The molecule has 0 bridgehead atoms. The fourth-order valence-corrected chi connectivity index (χ4v) is 5.73. The topological polar surface area (TPSA) is 84.0 Å². The molecule has 2 heterocycles. The van der Waals surface area contributed by atoms with E-state index in [4.69, 9.17) is 4.74 Å². The fraction of sp³-hybridized carbons (Fsp3) is 0.800. The molecule has 2 unspecified atom stereocenters. The summed E-state index contributed by atoms with van der Waals surface area (Å²) in [5, 5.41) is -0.535. The maximum atomic E-state index is 12.3. The molecule has 4 amide bonds. The van der Waals surface area contributed by atoms with Gasteiger partial charge >= 0.3 is 0 Å². The number of ether oxygens (including phenoxy) is 1. The third kappa shape index (κ3) is 7.00. The van der Waals surface area contributed by atoms with E-state index in [0.717, 1.165) is 37.2 Å². The van der Waals surface area contributed by atoms with Crippen LogP contribution >= 0.6 is 23.5 Å². The summed E-state index contributed by atoms with van der Waals surface area (Å²) < 4.78 is 5.51.